The molecule has 20 heavy (non-hydrogen) atoms. The van der Waals surface area contributed by atoms with E-state index in [1.54, 1.807) is 24.3 Å². The van der Waals surface area contributed by atoms with Crippen LogP contribution in [0.2, 0.25) is 10.0 Å². The van der Waals surface area contributed by atoms with Crippen LogP contribution in [0.3, 0.4) is 0 Å². The van der Waals surface area contributed by atoms with E-state index in [-0.39, 0.29) is 12.1 Å². The fourth-order valence-corrected chi connectivity index (χ4v) is 3.45. The molecule has 1 aromatic carbocycles. The molecular formula is C14H10Cl2O3S. The van der Waals surface area contributed by atoms with E-state index >= 15 is 0 Å². The highest BCUT2D eigenvalue weighted by Crippen LogP contribution is 2.31. The maximum absolute atomic E-state index is 12.4. The molecule has 2 aromatic rings. The van der Waals surface area contributed by atoms with Gasteiger partial charge >= 0.3 is 0 Å². The van der Waals surface area contributed by atoms with Crippen LogP contribution >= 0.6 is 34.5 Å². The molecule has 1 aliphatic rings. The second-order valence-corrected chi connectivity index (χ2v) is 6.25. The van der Waals surface area contributed by atoms with Gasteiger partial charge in [-0.2, -0.15) is 0 Å². The first-order valence-electron chi connectivity index (χ1n) is 5.97. The Morgan fingerprint density at radius 1 is 1.10 bits per heavy atom. The minimum atomic E-state index is -0.357. The largest absolute Gasteiger partial charge is 0.345 e. The molecule has 0 aliphatic carbocycles. The van der Waals surface area contributed by atoms with Gasteiger partial charge in [0.2, 0.25) is 5.78 Å². The van der Waals surface area contributed by atoms with Crippen LogP contribution in [0.25, 0.3) is 0 Å². The topological polar surface area (TPSA) is 35.5 Å². The number of hydrogen-bond acceptors (Lipinski definition) is 4. The van der Waals surface area contributed by atoms with Crippen molar-refractivity contribution in [3.05, 3.63) is 55.7 Å². The third-order valence-electron chi connectivity index (χ3n) is 2.83. The first-order valence-corrected chi connectivity index (χ1v) is 7.54. The van der Waals surface area contributed by atoms with E-state index in [0.717, 1.165) is 4.88 Å². The summed E-state index contributed by atoms with van der Waals surface area (Å²) in [6.07, 6.45) is -0.357. The molecule has 1 saturated heterocycles. The van der Waals surface area contributed by atoms with Crippen molar-refractivity contribution in [3.8, 4) is 0 Å². The third kappa shape index (κ3) is 2.90. The van der Waals surface area contributed by atoms with Crippen LogP contribution < -0.4 is 0 Å². The van der Waals surface area contributed by atoms with Crippen molar-refractivity contribution in [2.75, 3.05) is 13.2 Å². The Labute approximate surface area is 130 Å². The molecule has 0 radical (unpaired) electrons. The summed E-state index contributed by atoms with van der Waals surface area (Å²) in [5.74, 6) is -0.108. The molecule has 0 atom stereocenters. The molecule has 1 aliphatic heterocycles. The number of ketones is 1. The van der Waals surface area contributed by atoms with E-state index in [0.29, 0.717) is 33.7 Å². The molecule has 2 heterocycles. The maximum Gasteiger partial charge on any atom is 0.203 e. The molecule has 0 unspecified atom stereocenters. The predicted octanol–water partition coefficient (Wildman–Crippen LogP) is 4.33. The summed E-state index contributed by atoms with van der Waals surface area (Å²) in [7, 11) is 0. The molecule has 1 aromatic heterocycles. The number of ether oxygens (including phenoxy) is 2. The van der Waals surface area contributed by atoms with Crippen molar-refractivity contribution in [1.82, 2.24) is 0 Å². The SMILES string of the molecule is O=C(c1cc(Cl)cc(Cl)c1)c1ccc(C2OCCO2)s1. The number of hydrogen-bond donors (Lipinski definition) is 0. The zero-order valence-corrected chi connectivity index (χ0v) is 12.6. The van der Waals surface area contributed by atoms with Gasteiger partial charge in [0.05, 0.1) is 23.0 Å². The van der Waals surface area contributed by atoms with Gasteiger partial charge in [-0.25, -0.2) is 0 Å². The highest BCUT2D eigenvalue weighted by Gasteiger charge is 2.22. The fourth-order valence-electron chi connectivity index (χ4n) is 1.95. The first-order chi connectivity index (χ1) is 9.63. The lowest BCUT2D eigenvalue weighted by atomic mass is 10.1. The van der Waals surface area contributed by atoms with Gasteiger partial charge in [0, 0.05) is 15.6 Å². The Morgan fingerprint density at radius 2 is 1.75 bits per heavy atom. The molecular weight excluding hydrogens is 319 g/mol. The highest BCUT2D eigenvalue weighted by molar-refractivity contribution is 7.14. The zero-order valence-electron chi connectivity index (χ0n) is 10.3. The van der Waals surface area contributed by atoms with Gasteiger partial charge in [0.25, 0.3) is 0 Å². The molecule has 1 fully saturated rings. The summed E-state index contributed by atoms with van der Waals surface area (Å²) in [6, 6.07) is 8.43. The quantitative estimate of drug-likeness (QED) is 0.786. The smallest absolute Gasteiger partial charge is 0.203 e. The van der Waals surface area contributed by atoms with Crippen molar-refractivity contribution in [1.29, 1.82) is 0 Å². The Balaban J connectivity index is 1.86. The monoisotopic (exact) mass is 328 g/mol. The summed E-state index contributed by atoms with van der Waals surface area (Å²) in [6.45, 7) is 1.16. The van der Waals surface area contributed by atoms with E-state index in [2.05, 4.69) is 0 Å². The van der Waals surface area contributed by atoms with E-state index in [1.807, 2.05) is 6.07 Å². The van der Waals surface area contributed by atoms with Crippen molar-refractivity contribution in [2.45, 2.75) is 6.29 Å². The lowest BCUT2D eigenvalue weighted by Gasteiger charge is -2.04. The average molecular weight is 329 g/mol. The van der Waals surface area contributed by atoms with Gasteiger partial charge in [-0.1, -0.05) is 23.2 Å². The molecule has 6 heteroatoms. The van der Waals surface area contributed by atoms with E-state index in [1.165, 1.54) is 11.3 Å². The van der Waals surface area contributed by atoms with Crippen molar-refractivity contribution >= 4 is 40.3 Å². The van der Waals surface area contributed by atoms with Crippen LogP contribution in [0.4, 0.5) is 0 Å². The first kappa shape index (κ1) is 14.0. The Kier molecular flexibility index (Phi) is 4.10. The summed E-state index contributed by atoms with van der Waals surface area (Å²) >= 11 is 13.2. The molecule has 0 bridgehead atoms. The van der Waals surface area contributed by atoms with Crippen LogP contribution in [0.5, 0.6) is 0 Å². The molecule has 0 spiro atoms. The zero-order chi connectivity index (χ0) is 14.1. The normalized spacial score (nSPS) is 15.7. The number of benzene rings is 1. The number of rotatable bonds is 3. The second-order valence-electron chi connectivity index (χ2n) is 4.26. The van der Waals surface area contributed by atoms with Crippen molar-refractivity contribution in [3.63, 3.8) is 0 Å². The van der Waals surface area contributed by atoms with Gasteiger partial charge < -0.3 is 9.47 Å². The van der Waals surface area contributed by atoms with Gasteiger partial charge in [0.15, 0.2) is 6.29 Å². The number of halogens is 2. The van der Waals surface area contributed by atoms with Crippen LogP contribution in [-0.2, 0) is 9.47 Å². The van der Waals surface area contributed by atoms with E-state index < -0.39 is 0 Å². The molecule has 0 saturated carbocycles. The maximum atomic E-state index is 12.4. The lowest BCUT2D eigenvalue weighted by Crippen LogP contribution is -1.98. The van der Waals surface area contributed by atoms with E-state index in [9.17, 15) is 4.79 Å². The fraction of sp³-hybridized carbons (Fsp3) is 0.214. The van der Waals surface area contributed by atoms with Crippen LogP contribution in [-0.4, -0.2) is 19.0 Å². The second kappa shape index (κ2) is 5.84. The number of carbonyl (C=O) groups is 1. The predicted molar refractivity (Wildman–Crippen MR) is 78.9 cm³/mol. The van der Waals surface area contributed by atoms with Crippen molar-refractivity contribution in [2.24, 2.45) is 0 Å². The van der Waals surface area contributed by atoms with Gasteiger partial charge in [0.1, 0.15) is 0 Å². The van der Waals surface area contributed by atoms with Gasteiger partial charge in [-0.15, -0.1) is 11.3 Å². The van der Waals surface area contributed by atoms with Gasteiger partial charge in [-0.05, 0) is 30.3 Å². The van der Waals surface area contributed by atoms with Crippen LogP contribution in [0.1, 0.15) is 26.4 Å². The van der Waals surface area contributed by atoms with Crippen LogP contribution in [0.15, 0.2) is 30.3 Å². The van der Waals surface area contributed by atoms with Crippen LogP contribution in [0, 0.1) is 0 Å². The van der Waals surface area contributed by atoms with Gasteiger partial charge in [-0.3, -0.25) is 4.79 Å². The Hall–Kier alpha value is -0.910. The number of thiophene rings is 1. The third-order valence-corrected chi connectivity index (χ3v) is 4.37. The average Bonchev–Trinajstić information content (AvgIpc) is 3.07. The number of carbonyl (C=O) groups excluding carboxylic acids is 1. The summed E-state index contributed by atoms with van der Waals surface area (Å²) in [4.78, 5) is 13.9. The molecule has 3 rings (SSSR count). The minimum Gasteiger partial charge on any atom is -0.345 e. The lowest BCUT2D eigenvalue weighted by molar-refractivity contribution is -0.0413. The van der Waals surface area contributed by atoms with Crippen molar-refractivity contribution < 1.29 is 14.3 Å². The molecule has 104 valence electrons. The molecule has 0 N–H and O–H groups in total. The summed E-state index contributed by atoms with van der Waals surface area (Å²) < 4.78 is 10.8. The Bertz CT molecular complexity index is 627. The molecule has 3 nitrogen and oxygen atoms in total. The van der Waals surface area contributed by atoms with E-state index in [4.69, 9.17) is 32.7 Å². The molecule has 0 amide bonds. The summed E-state index contributed by atoms with van der Waals surface area (Å²) in [5, 5.41) is 0.889. The summed E-state index contributed by atoms with van der Waals surface area (Å²) in [5.41, 5.74) is 0.476. The Morgan fingerprint density at radius 3 is 2.40 bits per heavy atom. The highest BCUT2D eigenvalue weighted by atomic mass is 35.5. The standard InChI is InChI=1S/C14H10Cl2O3S/c15-9-5-8(6-10(16)7-9)13(17)11-1-2-12(20-11)14-18-3-4-19-14/h1-2,5-7,14H,3-4H2. The minimum absolute atomic E-state index is 0.108.